The van der Waals surface area contributed by atoms with Crippen LogP contribution in [0.1, 0.15) is 26.7 Å². The van der Waals surface area contributed by atoms with Crippen LogP contribution in [0.4, 0.5) is 0 Å². The maximum Gasteiger partial charge on any atom is 0.306 e. The van der Waals surface area contributed by atoms with Crippen molar-refractivity contribution in [2.75, 3.05) is 13.7 Å². The molecule has 142 valence electrons. The number of hydrogen-bond donors (Lipinski definition) is 5. The molecule has 1 fully saturated rings. The maximum atomic E-state index is 12.6. The van der Waals surface area contributed by atoms with E-state index in [0.717, 1.165) is 0 Å². The highest BCUT2D eigenvalue weighted by Gasteiger charge is 2.45. The summed E-state index contributed by atoms with van der Waals surface area (Å²) < 4.78 is 4.98. The van der Waals surface area contributed by atoms with Gasteiger partial charge >= 0.3 is 5.97 Å². The molecule has 0 bridgehead atoms. The second kappa shape index (κ2) is 9.21. The second-order valence-electron chi connectivity index (χ2n) is 6.33. The number of carboxylic acid groups (broad SMARTS) is 1. The van der Waals surface area contributed by atoms with Gasteiger partial charge in [0, 0.05) is 26.0 Å². The van der Waals surface area contributed by atoms with Crippen molar-refractivity contribution in [2.45, 2.75) is 44.8 Å². The van der Waals surface area contributed by atoms with Gasteiger partial charge in [-0.25, -0.2) is 4.99 Å². The van der Waals surface area contributed by atoms with Crippen molar-refractivity contribution >= 4 is 23.7 Å². The van der Waals surface area contributed by atoms with Gasteiger partial charge in [0.15, 0.2) is 5.96 Å². The number of carboxylic acids is 1. The summed E-state index contributed by atoms with van der Waals surface area (Å²) in [6.07, 6.45) is 0.392. The molecule has 1 aliphatic carbocycles. The number of hydrogen-bond acceptors (Lipinski definition) is 5. The highest BCUT2D eigenvalue weighted by atomic mass is 16.5. The first kappa shape index (κ1) is 20.7. The summed E-state index contributed by atoms with van der Waals surface area (Å²) in [6, 6.07) is -1.77. The minimum absolute atomic E-state index is 0.184. The Labute approximate surface area is 146 Å². The van der Waals surface area contributed by atoms with Crippen LogP contribution in [-0.4, -0.2) is 60.7 Å². The average Bonchev–Trinajstić information content (AvgIpc) is 2.87. The quantitative estimate of drug-likeness (QED) is 0.257. The molecule has 0 aliphatic heterocycles. The number of carbonyl (C=O) groups excluding carboxylic acids is 2. The fraction of sp³-hybridized carbons (Fsp3) is 0.733. The number of nitrogens with zero attached hydrogens (tertiary/aromatic N) is 1. The summed E-state index contributed by atoms with van der Waals surface area (Å²) in [7, 11) is 1.51. The van der Waals surface area contributed by atoms with Crippen LogP contribution in [-0.2, 0) is 19.1 Å². The van der Waals surface area contributed by atoms with Gasteiger partial charge in [-0.3, -0.25) is 14.4 Å². The number of aliphatic carboxylic acids is 1. The molecule has 10 nitrogen and oxygen atoms in total. The van der Waals surface area contributed by atoms with Crippen molar-refractivity contribution in [3.05, 3.63) is 0 Å². The van der Waals surface area contributed by atoms with Crippen LogP contribution < -0.4 is 22.1 Å². The van der Waals surface area contributed by atoms with Crippen molar-refractivity contribution in [3.63, 3.8) is 0 Å². The number of methoxy groups -OCH3 is 1. The third-order valence-corrected chi connectivity index (χ3v) is 4.12. The Morgan fingerprint density at radius 3 is 2.40 bits per heavy atom. The first-order valence-corrected chi connectivity index (χ1v) is 8.03. The molecular weight excluding hydrogens is 330 g/mol. The topological polar surface area (TPSA) is 169 Å². The zero-order valence-corrected chi connectivity index (χ0v) is 14.7. The smallest absolute Gasteiger partial charge is 0.306 e. The fourth-order valence-electron chi connectivity index (χ4n) is 3.16. The van der Waals surface area contributed by atoms with Gasteiger partial charge in [-0.1, -0.05) is 0 Å². The van der Waals surface area contributed by atoms with Crippen LogP contribution in [0.15, 0.2) is 4.99 Å². The standard InChI is InChI=1S/C15H27N5O5/c1-7(6-25-3)18-13(22)12(19-8(2)21)10-4-9(14(23)24)5-11(10)20-15(16)17/h7,9-12H,4-6H2,1-3H3,(H,18,22)(H,19,21)(H,23,24)(H4,16,17,20)/t7?,9?,10-,11-,12?/m0/s1. The molecule has 0 saturated heterocycles. The van der Waals surface area contributed by atoms with E-state index in [2.05, 4.69) is 15.6 Å². The maximum absolute atomic E-state index is 12.6. The zero-order valence-electron chi connectivity index (χ0n) is 14.7. The van der Waals surface area contributed by atoms with Crippen LogP contribution in [0.5, 0.6) is 0 Å². The van der Waals surface area contributed by atoms with Gasteiger partial charge in [0.25, 0.3) is 0 Å². The van der Waals surface area contributed by atoms with Crippen molar-refractivity contribution in [2.24, 2.45) is 28.3 Å². The molecule has 1 saturated carbocycles. The van der Waals surface area contributed by atoms with E-state index in [1.54, 1.807) is 6.92 Å². The molecule has 7 N–H and O–H groups in total. The SMILES string of the molecule is COCC(C)NC(=O)C(NC(C)=O)[C@H]1CC(C(=O)O)C[C@@H]1N=C(N)N. The molecule has 0 heterocycles. The minimum atomic E-state index is -0.979. The molecule has 25 heavy (non-hydrogen) atoms. The highest BCUT2D eigenvalue weighted by Crippen LogP contribution is 2.36. The summed E-state index contributed by atoms with van der Waals surface area (Å²) in [5.41, 5.74) is 10.9. The van der Waals surface area contributed by atoms with Crippen LogP contribution in [0.25, 0.3) is 0 Å². The van der Waals surface area contributed by atoms with Crippen LogP contribution in [0, 0.1) is 11.8 Å². The van der Waals surface area contributed by atoms with E-state index in [1.165, 1.54) is 14.0 Å². The van der Waals surface area contributed by atoms with Gasteiger partial charge < -0.3 is 31.9 Å². The lowest BCUT2D eigenvalue weighted by atomic mass is 9.92. The largest absolute Gasteiger partial charge is 0.481 e. The van der Waals surface area contributed by atoms with Gasteiger partial charge in [-0.15, -0.1) is 0 Å². The molecule has 0 aromatic heterocycles. The molecule has 0 radical (unpaired) electrons. The third-order valence-electron chi connectivity index (χ3n) is 4.12. The average molecular weight is 357 g/mol. The van der Waals surface area contributed by atoms with Gasteiger partial charge in [-0.2, -0.15) is 0 Å². The molecule has 0 aromatic rings. The molecule has 0 spiro atoms. The Morgan fingerprint density at radius 1 is 1.28 bits per heavy atom. The minimum Gasteiger partial charge on any atom is -0.481 e. The number of carbonyl (C=O) groups is 3. The van der Waals surface area contributed by atoms with Crippen LogP contribution in [0.2, 0.25) is 0 Å². The van der Waals surface area contributed by atoms with E-state index in [1.807, 2.05) is 0 Å². The molecule has 10 heteroatoms. The molecule has 1 rings (SSSR count). The van der Waals surface area contributed by atoms with E-state index >= 15 is 0 Å². The Bertz CT molecular complexity index is 534. The predicted octanol–water partition coefficient (Wildman–Crippen LogP) is -1.60. The number of ether oxygens (including phenoxy) is 1. The number of guanidine groups is 1. The predicted molar refractivity (Wildman–Crippen MR) is 90.5 cm³/mol. The van der Waals surface area contributed by atoms with Gasteiger partial charge in [0.1, 0.15) is 6.04 Å². The Kier molecular flexibility index (Phi) is 7.62. The molecule has 0 aromatic carbocycles. The van der Waals surface area contributed by atoms with Gasteiger partial charge in [-0.05, 0) is 19.8 Å². The summed E-state index contributed by atoms with van der Waals surface area (Å²) >= 11 is 0. The first-order chi connectivity index (χ1) is 11.6. The Morgan fingerprint density at radius 2 is 1.92 bits per heavy atom. The van der Waals surface area contributed by atoms with E-state index in [-0.39, 0.29) is 24.8 Å². The van der Waals surface area contributed by atoms with Crippen molar-refractivity contribution in [1.82, 2.24) is 10.6 Å². The molecule has 2 amide bonds. The number of aliphatic imine (C=N–C) groups is 1. The van der Waals surface area contributed by atoms with Crippen molar-refractivity contribution in [1.29, 1.82) is 0 Å². The van der Waals surface area contributed by atoms with E-state index < -0.39 is 41.7 Å². The monoisotopic (exact) mass is 357 g/mol. The van der Waals surface area contributed by atoms with E-state index in [9.17, 15) is 19.5 Å². The first-order valence-electron chi connectivity index (χ1n) is 8.03. The number of amides is 2. The molecule has 3 unspecified atom stereocenters. The van der Waals surface area contributed by atoms with Crippen molar-refractivity contribution in [3.8, 4) is 0 Å². The number of nitrogens with one attached hydrogen (secondary N) is 2. The normalized spacial score (nSPS) is 24.8. The third kappa shape index (κ3) is 6.22. The number of nitrogens with two attached hydrogens (primary N) is 2. The van der Waals surface area contributed by atoms with Crippen LogP contribution >= 0.6 is 0 Å². The van der Waals surface area contributed by atoms with E-state index in [0.29, 0.717) is 6.61 Å². The Balaban J connectivity index is 3.04. The van der Waals surface area contributed by atoms with Gasteiger partial charge in [0.05, 0.1) is 18.6 Å². The lowest BCUT2D eigenvalue weighted by Crippen LogP contribution is -2.54. The summed E-state index contributed by atoms with van der Waals surface area (Å²) in [5.74, 6) is -3.20. The molecule has 5 atom stereocenters. The molecule has 1 aliphatic rings. The fourth-order valence-corrected chi connectivity index (χ4v) is 3.16. The van der Waals surface area contributed by atoms with E-state index in [4.69, 9.17) is 16.2 Å². The summed E-state index contributed by atoms with van der Waals surface area (Å²) in [4.78, 5) is 39.6. The number of rotatable bonds is 8. The lowest BCUT2D eigenvalue weighted by molar-refractivity contribution is -0.141. The highest BCUT2D eigenvalue weighted by molar-refractivity contribution is 5.87. The second-order valence-corrected chi connectivity index (χ2v) is 6.33. The molecular formula is C15H27N5O5. The lowest BCUT2D eigenvalue weighted by Gasteiger charge is -2.28. The van der Waals surface area contributed by atoms with Gasteiger partial charge in [0.2, 0.25) is 11.8 Å². The zero-order chi connectivity index (χ0) is 19.1. The Hall–Kier alpha value is -2.36. The summed E-state index contributed by atoms with van der Waals surface area (Å²) in [5, 5.41) is 14.6. The van der Waals surface area contributed by atoms with Crippen LogP contribution in [0.3, 0.4) is 0 Å². The summed E-state index contributed by atoms with van der Waals surface area (Å²) in [6.45, 7) is 3.35. The van der Waals surface area contributed by atoms with Crippen molar-refractivity contribution < 1.29 is 24.2 Å².